The maximum absolute atomic E-state index is 13.1. The van der Waals surface area contributed by atoms with Gasteiger partial charge in [-0.25, -0.2) is 0 Å². The number of likely N-dealkylation sites (N-methyl/N-ethyl adjacent to an activating group) is 1. The van der Waals surface area contributed by atoms with Crippen LogP contribution in [-0.2, 0) is 24.3 Å². The number of amides is 1. The van der Waals surface area contributed by atoms with Crippen LogP contribution >= 0.6 is 0 Å². The molecule has 1 fully saturated rings. The van der Waals surface area contributed by atoms with Crippen LogP contribution in [0.1, 0.15) is 28.2 Å². The Hall–Kier alpha value is -3.15. The standard InChI is InChI=1S/C29H35N3O2/c1-32-20-27(25-10-6-9-24(17-25)19-30-18-23-7-4-3-5-8-23)28(21-32)29(33)31-16-15-22-11-13-26(34-2)14-12-22/h3-14,17,27-28,30H,15-16,18-21H2,1-2H3,(H,31,33). The maximum atomic E-state index is 13.1. The van der Waals surface area contributed by atoms with Gasteiger partial charge in [-0.3, -0.25) is 4.79 Å². The fourth-order valence-corrected chi connectivity index (χ4v) is 4.74. The van der Waals surface area contributed by atoms with Crippen LogP contribution < -0.4 is 15.4 Å². The summed E-state index contributed by atoms with van der Waals surface area (Å²) in [5.41, 5.74) is 4.97. The zero-order valence-electron chi connectivity index (χ0n) is 20.2. The van der Waals surface area contributed by atoms with Gasteiger partial charge < -0.3 is 20.3 Å². The van der Waals surface area contributed by atoms with Crippen molar-refractivity contribution >= 4 is 5.91 Å². The van der Waals surface area contributed by atoms with Crippen molar-refractivity contribution in [3.8, 4) is 5.75 Å². The van der Waals surface area contributed by atoms with Gasteiger partial charge in [0, 0.05) is 38.6 Å². The largest absolute Gasteiger partial charge is 0.497 e. The van der Waals surface area contributed by atoms with Gasteiger partial charge in [-0.2, -0.15) is 0 Å². The first-order chi connectivity index (χ1) is 16.6. The minimum atomic E-state index is -0.0339. The van der Waals surface area contributed by atoms with Gasteiger partial charge in [-0.05, 0) is 47.9 Å². The molecule has 0 bridgehead atoms. The molecule has 2 N–H and O–H groups in total. The van der Waals surface area contributed by atoms with Crippen LogP contribution in [0.15, 0.2) is 78.9 Å². The summed E-state index contributed by atoms with van der Waals surface area (Å²) in [7, 11) is 3.77. The number of hydrogen-bond donors (Lipinski definition) is 2. The molecule has 5 heteroatoms. The summed E-state index contributed by atoms with van der Waals surface area (Å²) in [6.07, 6.45) is 0.811. The first kappa shape index (κ1) is 24.0. The van der Waals surface area contributed by atoms with Gasteiger partial charge in [0.2, 0.25) is 5.91 Å². The molecule has 0 aliphatic carbocycles. The van der Waals surface area contributed by atoms with Crippen LogP contribution in [0.4, 0.5) is 0 Å². The lowest BCUT2D eigenvalue weighted by atomic mass is 9.87. The summed E-state index contributed by atoms with van der Waals surface area (Å²) in [6, 6.07) is 27.2. The predicted molar refractivity (Wildman–Crippen MR) is 137 cm³/mol. The smallest absolute Gasteiger partial charge is 0.225 e. The zero-order valence-corrected chi connectivity index (χ0v) is 20.2. The average Bonchev–Trinajstić information content (AvgIpc) is 3.27. The van der Waals surface area contributed by atoms with Crippen molar-refractivity contribution < 1.29 is 9.53 Å². The lowest BCUT2D eigenvalue weighted by Crippen LogP contribution is -2.35. The van der Waals surface area contributed by atoms with Gasteiger partial charge in [0.1, 0.15) is 5.75 Å². The Morgan fingerprint density at radius 1 is 0.912 bits per heavy atom. The van der Waals surface area contributed by atoms with E-state index in [2.05, 4.69) is 83.2 Å². The molecule has 34 heavy (non-hydrogen) atoms. The van der Waals surface area contributed by atoms with Crippen molar-refractivity contribution in [2.45, 2.75) is 25.4 Å². The summed E-state index contributed by atoms with van der Waals surface area (Å²) in [4.78, 5) is 15.4. The molecular formula is C29H35N3O2. The van der Waals surface area contributed by atoms with E-state index in [-0.39, 0.29) is 17.7 Å². The molecule has 3 aromatic rings. The summed E-state index contributed by atoms with van der Waals surface area (Å²) >= 11 is 0. The summed E-state index contributed by atoms with van der Waals surface area (Å²) < 4.78 is 5.22. The molecule has 1 amide bonds. The van der Waals surface area contributed by atoms with Crippen molar-refractivity contribution in [1.82, 2.24) is 15.5 Å². The maximum Gasteiger partial charge on any atom is 0.225 e. The predicted octanol–water partition coefficient (Wildman–Crippen LogP) is 3.99. The van der Waals surface area contributed by atoms with Crippen LogP contribution in [-0.4, -0.2) is 44.6 Å². The van der Waals surface area contributed by atoms with Crippen LogP contribution in [0.25, 0.3) is 0 Å². The number of hydrogen-bond acceptors (Lipinski definition) is 4. The van der Waals surface area contributed by atoms with Crippen LogP contribution in [0.5, 0.6) is 5.75 Å². The number of ether oxygens (including phenoxy) is 1. The molecule has 1 heterocycles. The number of nitrogens with zero attached hydrogens (tertiary/aromatic N) is 1. The van der Waals surface area contributed by atoms with Crippen molar-refractivity contribution in [3.63, 3.8) is 0 Å². The molecule has 2 unspecified atom stereocenters. The SMILES string of the molecule is COc1ccc(CCNC(=O)C2CN(C)CC2c2cccc(CNCc3ccccc3)c2)cc1. The normalized spacial score (nSPS) is 18.1. The molecule has 0 saturated carbocycles. The lowest BCUT2D eigenvalue weighted by molar-refractivity contribution is -0.124. The zero-order chi connectivity index (χ0) is 23.8. The molecule has 3 aromatic carbocycles. The number of benzene rings is 3. The Balaban J connectivity index is 1.32. The number of nitrogens with one attached hydrogen (secondary N) is 2. The first-order valence-electron chi connectivity index (χ1n) is 12.0. The molecule has 1 saturated heterocycles. The van der Waals surface area contributed by atoms with Crippen LogP contribution in [0.3, 0.4) is 0 Å². The van der Waals surface area contributed by atoms with E-state index >= 15 is 0 Å². The van der Waals surface area contributed by atoms with E-state index in [0.29, 0.717) is 6.54 Å². The molecule has 4 rings (SSSR count). The number of carbonyl (C=O) groups excluding carboxylic acids is 1. The van der Waals surface area contributed by atoms with Crippen LogP contribution in [0, 0.1) is 5.92 Å². The van der Waals surface area contributed by atoms with Gasteiger partial charge in [0.15, 0.2) is 0 Å². The highest BCUT2D eigenvalue weighted by Gasteiger charge is 2.36. The van der Waals surface area contributed by atoms with E-state index < -0.39 is 0 Å². The minimum Gasteiger partial charge on any atom is -0.497 e. The lowest BCUT2D eigenvalue weighted by Gasteiger charge is -2.19. The molecule has 5 nitrogen and oxygen atoms in total. The summed E-state index contributed by atoms with van der Waals surface area (Å²) in [6.45, 7) is 3.98. The molecule has 178 valence electrons. The second kappa shape index (κ2) is 11.8. The van der Waals surface area contributed by atoms with Gasteiger partial charge in [-0.1, -0.05) is 66.7 Å². The third kappa shape index (κ3) is 6.46. The number of rotatable bonds is 10. The van der Waals surface area contributed by atoms with Crippen LogP contribution in [0.2, 0.25) is 0 Å². The van der Waals surface area contributed by atoms with E-state index in [0.717, 1.165) is 38.3 Å². The third-order valence-electron chi connectivity index (χ3n) is 6.59. The Morgan fingerprint density at radius 2 is 1.65 bits per heavy atom. The Kier molecular flexibility index (Phi) is 8.34. The van der Waals surface area contributed by atoms with Gasteiger partial charge >= 0.3 is 0 Å². The van der Waals surface area contributed by atoms with Crippen molar-refractivity contribution in [3.05, 3.63) is 101 Å². The Morgan fingerprint density at radius 3 is 2.41 bits per heavy atom. The quantitative estimate of drug-likeness (QED) is 0.483. The Bertz CT molecular complexity index is 1050. The molecule has 0 radical (unpaired) electrons. The topological polar surface area (TPSA) is 53.6 Å². The number of carbonyl (C=O) groups is 1. The van der Waals surface area contributed by atoms with Gasteiger partial charge in [0.05, 0.1) is 13.0 Å². The molecular weight excluding hydrogens is 422 g/mol. The number of methoxy groups -OCH3 is 1. The highest BCUT2D eigenvalue weighted by molar-refractivity contribution is 5.80. The number of likely N-dealkylation sites (tertiary alicyclic amines) is 1. The fourth-order valence-electron chi connectivity index (χ4n) is 4.74. The van der Waals surface area contributed by atoms with E-state index in [1.165, 1.54) is 22.3 Å². The second-order valence-electron chi connectivity index (χ2n) is 9.16. The highest BCUT2D eigenvalue weighted by Crippen LogP contribution is 2.32. The average molecular weight is 458 g/mol. The van der Waals surface area contributed by atoms with Crippen molar-refractivity contribution in [1.29, 1.82) is 0 Å². The third-order valence-corrected chi connectivity index (χ3v) is 6.59. The van der Waals surface area contributed by atoms with Gasteiger partial charge in [-0.15, -0.1) is 0 Å². The molecule has 1 aliphatic heterocycles. The summed E-state index contributed by atoms with van der Waals surface area (Å²) in [5, 5.41) is 6.71. The summed E-state index contributed by atoms with van der Waals surface area (Å²) in [5.74, 6) is 1.17. The van der Waals surface area contributed by atoms with Crippen molar-refractivity contribution in [2.24, 2.45) is 5.92 Å². The Labute approximate surface area is 203 Å². The van der Waals surface area contributed by atoms with E-state index in [4.69, 9.17) is 4.74 Å². The van der Waals surface area contributed by atoms with Crippen molar-refractivity contribution in [2.75, 3.05) is 33.8 Å². The van der Waals surface area contributed by atoms with E-state index in [1.54, 1.807) is 7.11 Å². The van der Waals surface area contributed by atoms with E-state index in [1.807, 2.05) is 18.2 Å². The fraction of sp³-hybridized carbons (Fsp3) is 0.345. The van der Waals surface area contributed by atoms with Gasteiger partial charge in [0.25, 0.3) is 0 Å². The highest BCUT2D eigenvalue weighted by atomic mass is 16.5. The second-order valence-corrected chi connectivity index (χ2v) is 9.16. The molecule has 0 aromatic heterocycles. The molecule has 2 atom stereocenters. The molecule has 0 spiro atoms. The van der Waals surface area contributed by atoms with E-state index in [9.17, 15) is 4.79 Å². The molecule has 1 aliphatic rings. The minimum absolute atomic E-state index is 0.0339. The first-order valence-corrected chi connectivity index (χ1v) is 12.0. The monoisotopic (exact) mass is 457 g/mol.